The van der Waals surface area contributed by atoms with Crippen LogP contribution in [0.3, 0.4) is 0 Å². The molecular formula is C30H29ClF2N4O4S. The van der Waals surface area contributed by atoms with Gasteiger partial charge in [-0.2, -0.15) is 4.31 Å². The van der Waals surface area contributed by atoms with Gasteiger partial charge in [0.1, 0.15) is 36.1 Å². The Morgan fingerprint density at radius 2 is 1.95 bits per heavy atom. The molecular weight excluding hydrogens is 586 g/mol. The lowest BCUT2D eigenvalue weighted by Gasteiger charge is -2.34. The van der Waals surface area contributed by atoms with Crippen LogP contribution in [0.4, 0.5) is 20.3 Å². The fourth-order valence-corrected chi connectivity index (χ4v) is 6.25. The van der Waals surface area contributed by atoms with Crippen LogP contribution in [0.15, 0.2) is 73.3 Å². The van der Waals surface area contributed by atoms with Crippen molar-refractivity contribution < 1.29 is 26.7 Å². The molecule has 220 valence electrons. The van der Waals surface area contributed by atoms with E-state index in [0.29, 0.717) is 38.7 Å². The Balaban J connectivity index is 1.44. The molecule has 1 aliphatic heterocycles. The number of sulfonamides is 1. The van der Waals surface area contributed by atoms with Gasteiger partial charge in [-0.1, -0.05) is 30.7 Å². The normalized spacial score (nSPS) is 16.6. The van der Waals surface area contributed by atoms with Gasteiger partial charge >= 0.3 is 0 Å². The third-order valence-electron chi connectivity index (χ3n) is 7.07. The van der Waals surface area contributed by atoms with Gasteiger partial charge < -0.3 is 14.8 Å². The molecule has 0 radical (unpaired) electrons. The number of hydrogen-bond acceptors (Lipinski definition) is 7. The van der Waals surface area contributed by atoms with Crippen LogP contribution < -0.4 is 10.1 Å². The SMILES string of the molecule is CCN(CC1(c2cc3c(Nc4ccc(OCc5cccc(F)c5)c(Cl)c4)ncnc3cc2F)CC=CO1)S(=O)(=O)CC. The maximum atomic E-state index is 15.6. The molecule has 12 heteroatoms. The summed E-state index contributed by atoms with van der Waals surface area (Å²) in [5.74, 6) is -0.191. The number of anilines is 2. The molecule has 5 rings (SSSR count). The fourth-order valence-electron chi connectivity index (χ4n) is 4.85. The van der Waals surface area contributed by atoms with Crippen LogP contribution in [0.25, 0.3) is 10.9 Å². The predicted molar refractivity (Wildman–Crippen MR) is 158 cm³/mol. The first-order valence-electron chi connectivity index (χ1n) is 13.3. The molecule has 1 atom stereocenters. The summed E-state index contributed by atoms with van der Waals surface area (Å²) >= 11 is 6.47. The third kappa shape index (κ3) is 6.18. The number of hydrogen-bond donors (Lipinski definition) is 1. The van der Waals surface area contributed by atoms with Crippen LogP contribution in [0.5, 0.6) is 5.75 Å². The number of benzene rings is 3. The first-order chi connectivity index (χ1) is 20.1. The molecule has 0 saturated heterocycles. The summed E-state index contributed by atoms with van der Waals surface area (Å²) in [6, 6.07) is 14.1. The van der Waals surface area contributed by atoms with Gasteiger partial charge in [-0.25, -0.2) is 27.2 Å². The van der Waals surface area contributed by atoms with Gasteiger partial charge in [0.25, 0.3) is 0 Å². The Morgan fingerprint density at radius 1 is 1.12 bits per heavy atom. The lowest BCUT2D eigenvalue weighted by atomic mass is 9.89. The van der Waals surface area contributed by atoms with E-state index in [1.54, 1.807) is 56.3 Å². The molecule has 8 nitrogen and oxygen atoms in total. The molecule has 0 fully saturated rings. The second kappa shape index (κ2) is 12.2. The Hall–Kier alpha value is -3.80. The van der Waals surface area contributed by atoms with E-state index in [1.165, 1.54) is 35.1 Å². The van der Waals surface area contributed by atoms with E-state index in [-0.39, 0.29) is 43.3 Å². The predicted octanol–water partition coefficient (Wildman–Crippen LogP) is 6.68. The number of halogens is 3. The van der Waals surface area contributed by atoms with Crippen molar-refractivity contribution in [3.8, 4) is 5.75 Å². The summed E-state index contributed by atoms with van der Waals surface area (Å²) < 4.78 is 67.5. The summed E-state index contributed by atoms with van der Waals surface area (Å²) in [5, 5.41) is 4.03. The van der Waals surface area contributed by atoms with Gasteiger partial charge in [0.15, 0.2) is 5.60 Å². The van der Waals surface area contributed by atoms with Crippen molar-refractivity contribution in [1.82, 2.24) is 14.3 Å². The first-order valence-corrected chi connectivity index (χ1v) is 15.3. The minimum atomic E-state index is -3.55. The van der Waals surface area contributed by atoms with Crippen molar-refractivity contribution in [2.24, 2.45) is 0 Å². The lowest BCUT2D eigenvalue weighted by Crippen LogP contribution is -2.44. The molecule has 1 aliphatic rings. The molecule has 0 aliphatic carbocycles. The van der Waals surface area contributed by atoms with E-state index in [9.17, 15) is 12.8 Å². The van der Waals surface area contributed by atoms with Crippen LogP contribution in [0.2, 0.25) is 5.02 Å². The summed E-state index contributed by atoms with van der Waals surface area (Å²) in [6.07, 6.45) is 4.82. The van der Waals surface area contributed by atoms with Crippen LogP contribution in [-0.4, -0.2) is 41.5 Å². The van der Waals surface area contributed by atoms with Crippen molar-refractivity contribution in [2.45, 2.75) is 32.5 Å². The number of aromatic nitrogens is 2. The Morgan fingerprint density at radius 3 is 2.64 bits per heavy atom. The molecule has 1 unspecified atom stereocenters. The molecule has 4 aromatic rings. The topological polar surface area (TPSA) is 93.7 Å². The fraction of sp³-hybridized carbons (Fsp3) is 0.267. The number of rotatable bonds is 11. The highest BCUT2D eigenvalue weighted by atomic mass is 35.5. The quantitative estimate of drug-likeness (QED) is 0.201. The Kier molecular flexibility index (Phi) is 8.63. The summed E-state index contributed by atoms with van der Waals surface area (Å²) in [7, 11) is -3.55. The van der Waals surface area contributed by atoms with Crippen molar-refractivity contribution in [3.63, 3.8) is 0 Å². The van der Waals surface area contributed by atoms with Gasteiger partial charge in [-0.3, -0.25) is 0 Å². The molecule has 0 spiro atoms. The van der Waals surface area contributed by atoms with Crippen LogP contribution >= 0.6 is 11.6 Å². The van der Waals surface area contributed by atoms with Crippen LogP contribution in [0.1, 0.15) is 31.4 Å². The van der Waals surface area contributed by atoms with Crippen molar-refractivity contribution in [2.75, 3.05) is 24.2 Å². The second-order valence-corrected chi connectivity index (χ2v) is 12.4. The van der Waals surface area contributed by atoms with E-state index >= 15 is 4.39 Å². The number of likely N-dealkylation sites (N-methyl/N-ethyl adjacent to an activating group) is 1. The molecule has 1 N–H and O–H groups in total. The average molecular weight is 615 g/mol. The van der Waals surface area contributed by atoms with Gasteiger partial charge in [0.2, 0.25) is 10.0 Å². The van der Waals surface area contributed by atoms with Gasteiger partial charge in [-0.15, -0.1) is 0 Å². The Labute approximate surface area is 248 Å². The maximum Gasteiger partial charge on any atom is 0.213 e. The molecule has 0 bridgehead atoms. The van der Waals surface area contributed by atoms with Crippen molar-refractivity contribution in [3.05, 3.63) is 101 Å². The summed E-state index contributed by atoms with van der Waals surface area (Å²) in [4.78, 5) is 8.60. The first kappa shape index (κ1) is 29.7. The molecule has 2 heterocycles. The van der Waals surface area contributed by atoms with E-state index in [4.69, 9.17) is 21.1 Å². The summed E-state index contributed by atoms with van der Waals surface area (Å²) in [5.41, 5.74) is 0.542. The summed E-state index contributed by atoms with van der Waals surface area (Å²) in [6.45, 7) is 3.61. The number of nitrogens with zero attached hydrogens (tertiary/aromatic N) is 3. The molecule has 0 saturated carbocycles. The number of nitrogens with one attached hydrogen (secondary N) is 1. The highest BCUT2D eigenvalue weighted by molar-refractivity contribution is 7.89. The highest BCUT2D eigenvalue weighted by Crippen LogP contribution is 2.40. The molecule has 42 heavy (non-hydrogen) atoms. The third-order valence-corrected chi connectivity index (χ3v) is 9.27. The van der Waals surface area contributed by atoms with E-state index in [1.807, 2.05) is 0 Å². The zero-order chi connectivity index (χ0) is 29.9. The average Bonchev–Trinajstić information content (AvgIpc) is 3.45. The molecule has 0 amide bonds. The lowest BCUT2D eigenvalue weighted by molar-refractivity contribution is 0.0210. The minimum Gasteiger partial charge on any atom is -0.489 e. The Bertz CT molecular complexity index is 1750. The smallest absolute Gasteiger partial charge is 0.213 e. The monoisotopic (exact) mass is 614 g/mol. The zero-order valence-corrected chi connectivity index (χ0v) is 24.6. The molecule has 3 aromatic carbocycles. The minimum absolute atomic E-state index is 0.0573. The van der Waals surface area contributed by atoms with E-state index < -0.39 is 21.4 Å². The van der Waals surface area contributed by atoms with Crippen molar-refractivity contribution >= 4 is 44.0 Å². The molecule has 1 aromatic heterocycles. The number of ether oxygens (including phenoxy) is 2. The van der Waals surface area contributed by atoms with Gasteiger partial charge in [-0.05, 0) is 55.0 Å². The van der Waals surface area contributed by atoms with E-state index in [0.717, 1.165) is 0 Å². The van der Waals surface area contributed by atoms with Gasteiger partial charge in [0, 0.05) is 35.7 Å². The standard InChI is InChI=1S/C30H29ClF2N4O4S/c1-3-37(42(38,39)4-2)18-30(11-6-12-41-30)24-15-23-27(16-26(24)33)34-19-35-29(23)36-22-9-10-28(25(31)14-22)40-17-20-7-5-8-21(32)13-20/h5-10,12-16,19H,3-4,11,17-18H2,1-2H3,(H,34,35,36). The van der Waals surface area contributed by atoms with Crippen LogP contribution in [0, 0.1) is 11.6 Å². The second-order valence-electron chi connectivity index (χ2n) is 9.78. The van der Waals surface area contributed by atoms with E-state index in [2.05, 4.69) is 15.3 Å². The van der Waals surface area contributed by atoms with Gasteiger partial charge in [0.05, 0.1) is 29.1 Å². The zero-order valence-electron chi connectivity index (χ0n) is 23.0. The largest absolute Gasteiger partial charge is 0.489 e. The van der Waals surface area contributed by atoms with Crippen LogP contribution in [-0.2, 0) is 27.0 Å². The van der Waals surface area contributed by atoms with Crippen molar-refractivity contribution in [1.29, 1.82) is 0 Å². The highest BCUT2D eigenvalue weighted by Gasteiger charge is 2.42. The number of fused-ring (bicyclic) bond motifs is 1. The maximum absolute atomic E-state index is 15.6.